The first-order valence-corrected chi connectivity index (χ1v) is 10.4. The summed E-state index contributed by atoms with van der Waals surface area (Å²) in [5.74, 6) is 0.289. The fourth-order valence-corrected chi connectivity index (χ4v) is 4.57. The fraction of sp³-hybridized carbons (Fsp3) is 0.217. The summed E-state index contributed by atoms with van der Waals surface area (Å²) >= 11 is 3.23. The molecule has 5 rings (SSSR count). The molecule has 2 aliphatic rings. The Balaban J connectivity index is 1.67. The smallest absolute Gasteiger partial charge is 0.335 e. The summed E-state index contributed by atoms with van der Waals surface area (Å²) in [7, 11) is 0. The van der Waals surface area contributed by atoms with E-state index in [0.717, 1.165) is 11.1 Å². The predicted octanol–water partition coefficient (Wildman–Crippen LogP) is 5.67. The van der Waals surface area contributed by atoms with E-state index in [0.29, 0.717) is 22.5 Å². The molecule has 152 valence electrons. The van der Waals surface area contributed by atoms with Gasteiger partial charge < -0.3 is 9.15 Å². The molecule has 0 N–H and O–H groups in total. The minimum Gasteiger partial charge on any atom is -0.467 e. The van der Waals surface area contributed by atoms with E-state index in [1.807, 2.05) is 62.4 Å². The summed E-state index contributed by atoms with van der Waals surface area (Å²) in [6.45, 7) is 3.87. The Bertz CT molecular complexity index is 1160. The number of furan rings is 1. The van der Waals surface area contributed by atoms with E-state index in [2.05, 4.69) is 15.9 Å². The molecule has 1 aromatic heterocycles. The van der Waals surface area contributed by atoms with Crippen molar-refractivity contribution in [3.05, 3.63) is 82.2 Å². The first-order chi connectivity index (χ1) is 14.4. The number of urea groups is 1. The van der Waals surface area contributed by atoms with Crippen molar-refractivity contribution in [2.75, 3.05) is 4.90 Å². The van der Waals surface area contributed by atoms with Crippen LogP contribution < -0.4 is 9.64 Å². The third-order valence-electron chi connectivity index (χ3n) is 5.66. The SMILES string of the molecule is Cc1ccc(N2C(=O)N(C(=O)c3ccc(Br)o3)[C@@H]3C[C@@]2(C)Oc2ccccc23)cc1. The lowest BCUT2D eigenvalue weighted by Crippen LogP contribution is -2.67. The molecular weight excluding hydrogens is 448 g/mol. The Hall–Kier alpha value is -3.06. The molecule has 7 heteroatoms. The van der Waals surface area contributed by atoms with Crippen LogP contribution in [0.4, 0.5) is 10.5 Å². The van der Waals surface area contributed by atoms with Crippen molar-refractivity contribution >= 4 is 33.6 Å². The van der Waals surface area contributed by atoms with Crippen LogP contribution in [0.15, 0.2) is 69.8 Å². The Kier molecular flexibility index (Phi) is 4.25. The van der Waals surface area contributed by atoms with Crippen LogP contribution in [0.5, 0.6) is 5.75 Å². The largest absolute Gasteiger partial charge is 0.467 e. The van der Waals surface area contributed by atoms with E-state index >= 15 is 0 Å². The van der Waals surface area contributed by atoms with Gasteiger partial charge in [-0.15, -0.1) is 0 Å². The Morgan fingerprint density at radius 1 is 1.10 bits per heavy atom. The normalized spacial score (nSPS) is 22.5. The van der Waals surface area contributed by atoms with E-state index in [-0.39, 0.29) is 5.76 Å². The van der Waals surface area contributed by atoms with Gasteiger partial charge in [-0.25, -0.2) is 9.69 Å². The van der Waals surface area contributed by atoms with Crippen molar-refractivity contribution in [3.63, 3.8) is 0 Å². The van der Waals surface area contributed by atoms with Gasteiger partial charge in [-0.3, -0.25) is 9.69 Å². The highest BCUT2D eigenvalue weighted by atomic mass is 79.9. The molecule has 2 aromatic carbocycles. The molecule has 2 atom stereocenters. The second kappa shape index (κ2) is 6.74. The molecule has 1 saturated heterocycles. The van der Waals surface area contributed by atoms with Crippen LogP contribution in [0.3, 0.4) is 0 Å². The number of rotatable bonds is 2. The summed E-state index contributed by atoms with van der Waals surface area (Å²) in [5, 5.41) is 0. The van der Waals surface area contributed by atoms with Crippen molar-refractivity contribution in [1.29, 1.82) is 0 Å². The molecule has 1 fully saturated rings. The molecule has 3 aromatic rings. The molecular formula is C23H19BrN2O4. The van der Waals surface area contributed by atoms with E-state index in [4.69, 9.17) is 9.15 Å². The van der Waals surface area contributed by atoms with Crippen molar-refractivity contribution in [2.24, 2.45) is 0 Å². The van der Waals surface area contributed by atoms with E-state index in [1.165, 1.54) is 4.90 Å². The molecule has 0 aliphatic carbocycles. The molecule has 6 nitrogen and oxygen atoms in total. The molecule has 0 unspecified atom stereocenters. The van der Waals surface area contributed by atoms with E-state index in [1.54, 1.807) is 17.0 Å². The van der Waals surface area contributed by atoms with E-state index < -0.39 is 23.7 Å². The quantitative estimate of drug-likeness (QED) is 0.487. The number of carbonyl (C=O) groups excluding carboxylic acids is 2. The number of hydrogen-bond acceptors (Lipinski definition) is 4. The lowest BCUT2D eigenvalue weighted by Gasteiger charge is -2.53. The lowest BCUT2D eigenvalue weighted by molar-refractivity contribution is 0.00170. The minimum atomic E-state index is -0.925. The summed E-state index contributed by atoms with van der Waals surface area (Å²) in [6, 6.07) is 17.5. The van der Waals surface area contributed by atoms with Crippen LogP contribution in [0.1, 0.15) is 41.1 Å². The third kappa shape index (κ3) is 2.84. The van der Waals surface area contributed by atoms with Gasteiger partial charge in [0.05, 0.1) is 6.04 Å². The van der Waals surface area contributed by atoms with Gasteiger partial charge in [-0.05, 0) is 60.1 Å². The van der Waals surface area contributed by atoms with Gasteiger partial charge in [0.15, 0.2) is 16.2 Å². The van der Waals surface area contributed by atoms with Crippen LogP contribution in [-0.4, -0.2) is 22.6 Å². The van der Waals surface area contributed by atoms with Gasteiger partial charge in [-0.2, -0.15) is 0 Å². The highest BCUT2D eigenvalue weighted by molar-refractivity contribution is 9.10. The first kappa shape index (κ1) is 18.9. The number of amides is 3. The monoisotopic (exact) mass is 466 g/mol. The number of aryl methyl sites for hydroxylation is 1. The maximum atomic E-state index is 13.8. The third-order valence-corrected chi connectivity index (χ3v) is 6.08. The molecule has 0 saturated carbocycles. The number of nitrogens with zero attached hydrogens (tertiary/aromatic N) is 2. The second-order valence-electron chi connectivity index (χ2n) is 7.77. The topological polar surface area (TPSA) is 63.0 Å². The van der Waals surface area contributed by atoms with Crippen LogP contribution in [0.2, 0.25) is 0 Å². The number of benzene rings is 2. The number of anilines is 1. The fourth-order valence-electron chi connectivity index (χ4n) is 4.26. The number of halogens is 1. The van der Waals surface area contributed by atoms with Crippen molar-refractivity contribution in [2.45, 2.75) is 32.0 Å². The van der Waals surface area contributed by atoms with E-state index in [9.17, 15) is 9.59 Å². The minimum absolute atomic E-state index is 0.103. The summed E-state index contributed by atoms with van der Waals surface area (Å²) in [5.41, 5.74) is 1.64. The van der Waals surface area contributed by atoms with Crippen LogP contribution in [0, 0.1) is 6.92 Å². The standard InChI is InChI=1S/C23H19BrN2O4/c1-14-7-9-15(10-8-14)26-22(28)25(21(27)19-11-12-20(24)29-19)17-13-23(26,2)30-18-6-4-3-5-16(17)18/h3-12,17H,13H2,1-2H3/t17-,23-/m1/s1. The number of fused-ring (bicyclic) bond motifs is 4. The Morgan fingerprint density at radius 3 is 2.53 bits per heavy atom. The average Bonchev–Trinajstić information content (AvgIpc) is 3.15. The number of carbonyl (C=O) groups is 2. The first-order valence-electron chi connectivity index (χ1n) is 9.65. The van der Waals surface area contributed by atoms with Gasteiger partial charge in [0.25, 0.3) is 5.91 Å². The lowest BCUT2D eigenvalue weighted by atomic mass is 9.88. The maximum absolute atomic E-state index is 13.8. The zero-order valence-corrected chi connectivity index (χ0v) is 18.0. The van der Waals surface area contributed by atoms with Crippen molar-refractivity contribution < 1.29 is 18.7 Å². The van der Waals surface area contributed by atoms with Gasteiger partial charge in [0.2, 0.25) is 0 Å². The Morgan fingerprint density at radius 2 is 1.83 bits per heavy atom. The number of ether oxygens (including phenoxy) is 1. The number of imide groups is 1. The zero-order chi connectivity index (χ0) is 21.0. The molecule has 30 heavy (non-hydrogen) atoms. The zero-order valence-electron chi connectivity index (χ0n) is 16.5. The van der Waals surface area contributed by atoms with Gasteiger partial charge in [0, 0.05) is 17.7 Å². The summed E-state index contributed by atoms with van der Waals surface area (Å²) in [6.07, 6.45) is 0.442. The number of para-hydroxylation sites is 1. The average molecular weight is 467 g/mol. The Labute approximate surface area is 182 Å². The second-order valence-corrected chi connectivity index (χ2v) is 8.55. The number of hydrogen-bond donors (Lipinski definition) is 0. The van der Waals surface area contributed by atoms with Gasteiger partial charge in [0.1, 0.15) is 5.75 Å². The van der Waals surface area contributed by atoms with Crippen LogP contribution in [-0.2, 0) is 0 Å². The molecule has 2 aliphatic heterocycles. The summed E-state index contributed by atoms with van der Waals surface area (Å²) in [4.78, 5) is 30.0. The highest BCUT2D eigenvalue weighted by Gasteiger charge is 2.55. The molecule has 2 bridgehead atoms. The molecule has 0 spiro atoms. The summed E-state index contributed by atoms with van der Waals surface area (Å²) < 4.78 is 12.2. The molecule has 0 radical (unpaired) electrons. The molecule has 3 heterocycles. The van der Waals surface area contributed by atoms with Crippen molar-refractivity contribution in [3.8, 4) is 5.75 Å². The molecule has 3 amide bonds. The van der Waals surface area contributed by atoms with Gasteiger partial charge in [-0.1, -0.05) is 35.9 Å². The predicted molar refractivity (Wildman–Crippen MR) is 114 cm³/mol. The van der Waals surface area contributed by atoms with Gasteiger partial charge >= 0.3 is 6.03 Å². The van der Waals surface area contributed by atoms with Crippen LogP contribution in [0.25, 0.3) is 0 Å². The highest BCUT2D eigenvalue weighted by Crippen LogP contribution is 2.49. The van der Waals surface area contributed by atoms with Crippen molar-refractivity contribution in [1.82, 2.24) is 4.90 Å². The van der Waals surface area contributed by atoms with Crippen LogP contribution >= 0.6 is 15.9 Å². The maximum Gasteiger partial charge on any atom is 0.335 e.